The van der Waals surface area contributed by atoms with Crippen LogP contribution in [0.3, 0.4) is 0 Å². The first-order valence-corrected chi connectivity index (χ1v) is 15.2. The van der Waals surface area contributed by atoms with E-state index >= 15 is 0 Å². The predicted molar refractivity (Wildman–Crippen MR) is 161 cm³/mol. The van der Waals surface area contributed by atoms with Crippen LogP contribution in [-0.4, -0.2) is 77.0 Å². The first-order valence-electron chi connectivity index (χ1n) is 15.2. The van der Waals surface area contributed by atoms with Crippen LogP contribution in [0.4, 0.5) is 11.8 Å². The number of likely N-dealkylation sites (tertiary alicyclic amines) is 2. The Hall–Kier alpha value is -3.45. The first-order chi connectivity index (χ1) is 19.7. The van der Waals surface area contributed by atoms with Gasteiger partial charge in [-0.05, 0) is 49.3 Å². The summed E-state index contributed by atoms with van der Waals surface area (Å²) in [5.74, 6) is 1.74. The van der Waals surface area contributed by atoms with E-state index in [0.29, 0.717) is 12.1 Å². The molecule has 0 aliphatic carbocycles. The van der Waals surface area contributed by atoms with Gasteiger partial charge in [0.15, 0.2) is 0 Å². The highest BCUT2D eigenvalue weighted by molar-refractivity contribution is 5.87. The summed E-state index contributed by atoms with van der Waals surface area (Å²) in [5.41, 5.74) is 2.13. The molecule has 1 amide bonds. The number of carbonyl (C=O) groups excluding carboxylic acids is 1. The van der Waals surface area contributed by atoms with Gasteiger partial charge in [0.05, 0.1) is 5.92 Å². The fraction of sp³-hybridized carbons (Fsp3) is 0.485. The second kappa shape index (κ2) is 12.8. The van der Waals surface area contributed by atoms with Crippen LogP contribution in [0.25, 0.3) is 0 Å². The van der Waals surface area contributed by atoms with Crippen LogP contribution in [0, 0.1) is 0 Å². The lowest BCUT2D eigenvalue weighted by molar-refractivity contribution is -0.134. The van der Waals surface area contributed by atoms with Crippen molar-refractivity contribution in [3.63, 3.8) is 0 Å². The van der Waals surface area contributed by atoms with E-state index in [1.807, 2.05) is 48.7 Å². The topological polar surface area (TPSA) is 64.6 Å². The maximum absolute atomic E-state index is 14.0. The summed E-state index contributed by atoms with van der Waals surface area (Å²) in [6, 6.07) is 23.2. The molecule has 0 radical (unpaired) electrons. The SMILES string of the molecule is O=C(C(c1ccccc1)c1ccccc1)N1CCCC(N2CCC(Nc3nccc(N4CCCCCC4)n3)C2)C1. The fourth-order valence-corrected chi connectivity index (χ4v) is 6.72. The molecule has 7 nitrogen and oxygen atoms in total. The van der Waals surface area contributed by atoms with Gasteiger partial charge in [-0.3, -0.25) is 9.69 Å². The molecule has 2 aromatic carbocycles. The molecule has 1 N–H and O–H groups in total. The van der Waals surface area contributed by atoms with Crippen molar-refractivity contribution in [1.29, 1.82) is 0 Å². The van der Waals surface area contributed by atoms with Crippen LogP contribution < -0.4 is 10.2 Å². The van der Waals surface area contributed by atoms with Gasteiger partial charge in [0.1, 0.15) is 5.82 Å². The van der Waals surface area contributed by atoms with Crippen molar-refractivity contribution in [2.75, 3.05) is 49.5 Å². The van der Waals surface area contributed by atoms with Crippen molar-refractivity contribution in [3.05, 3.63) is 84.1 Å². The van der Waals surface area contributed by atoms with Gasteiger partial charge in [0.25, 0.3) is 0 Å². The summed E-state index contributed by atoms with van der Waals surface area (Å²) in [4.78, 5) is 30.6. The molecule has 0 bridgehead atoms. The number of rotatable bonds is 7. The van der Waals surface area contributed by atoms with Gasteiger partial charge < -0.3 is 15.1 Å². The van der Waals surface area contributed by atoms with E-state index in [1.54, 1.807) is 0 Å². The third-order valence-corrected chi connectivity index (χ3v) is 8.86. The molecule has 0 spiro atoms. The normalized spacial score (nSPS) is 22.3. The number of nitrogens with zero attached hydrogens (tertiary/aromatic N) is 5. The molecular weight excluding hydrogens is 496 g/mol. The number of nitrogens with one attached hydrogen (secondary N) is 1. The highest BCUT2D eigenvalue weighted by atomic mass is 16.2. The Morgan fingerprint density at radius 3 is 2.17 bits per heavy atom. The number of hydrogen-bond donors (Lipinski definition) is 1. The third-order valence-electron chi connectivity index (χ3n) is 8.86. The molecule has 210 valence electrons. The average molecular weight is 539 g/mol. The number of anilines is 2. The smallest absolute Gasteiger partial charge is 0.234 e. The lowest BCUT2D eigenvalue weighted by atomic mass is 9.89. The summed E-state index contributed by atoms with van der Waals surface area (Å²) in [6.07, 6.45) is 10.2. The minimum absolute atomic E-state index is 0.217. The molecule has 2 atom stereocenters. The van der Waals surface area contributed by atoms with E-state index in [1.165, 1.54) is 25.7 Å². The maximum atomic E-state index is 14.0. The van der Waals surface area contributed by atoms with Crippen LogP contribution in [-0.2, 0) is 4.79 Å². The Balaban J connectivity index is 1.09. The second-order valence-electron chi connectivity index (χ2n) is 11.6. The number of piperidine rings is 1. The Morgan fingerprint density at radius 2 is 1.48 bits per heavy atom. The molecule has 7 heteroatoms. The molecular formula is C33H42N6O. The number of hydrogen-bond acceptors (Lipinski definition) is 6. The van der Waals surface area contributed by atoms with Crippen molar-refractivity contribution >= 4 is 17.7 Å². The number of benzene rings is 2. The number of aromatic nitrogens is 2. The van der Waals surface area contributed by atoms with Gasteiger partial charge in [-0.15, -0.1) is 0 Å². The van der Waals surface area contributed by atoms with Gasteiger partial charge in [-0.1, -0.05) is 73.5 Å². The Kier molecular flexibility index (Phi) is 8.57. The van der Waals surface area contributed by atoms with Gasteiger partial charge in [-0.25, -0.2) is 4.98 Å². The van der Waals surface area contributed by atoms with E-state index in [2.05, 4.69) is 49.3 Å². The molecule has 40 heavy (non-hydrogen) atoms. The monoisotopic (exact) mass is 538 g/mol. The Morgan fingerprint density at radius 1 is 0.775 bits per heavy atom. The molecule has 6 rings (SSSR count). The summed E-state index contributed by atoms with van der Waals surface area (Å²) in [6.45, 7) is 5.79. The lowest BCUT2D eigenvalue weighted by Crippen LogP contribution is -2.50. The van der Waals surface area contributed by atoms with Crippen LogP contribution >= 0.6 is 0 Å². The van der Waals surface area contributed by atoms with Crippen molar-refractivity contribution in [1.82, 2.24) is 19.8 Å². The molecule has 3 aliphatic rings. The lowest BCUT2D eigenvalue weighted by Gasteiger charge is -2.39. The van der Waals surface area contributed by atoms with Crippen LogP contribution in [0.5, 0.6) is 0 Å². The quantitative estimate of drug-likeness (QED) is 0.448. The minimum Gasteiger partial charge on any atom is -0.356 e. The summed E-state index contributed by atoms with van der Waals surface area (Å²) in [5, 5.41) is 3.63. The molecule has 3 aliphatic heterocycles. The number of carbonyl (C=O) groups is 1. The molecule has 3 saturated heterocycles. The van der Waals surface area contributed by atoms with Gasteiger partial charge >= 0.3 is 0 Å². The molecule has 3 fully saturated rings. The summed E-state index contributed by atoms with van der Waals surface area (Å²) >= 11 is 0. The van der Waals surface area contributed by atoms with E-state index in [-0.39, 0.29) is 11.8 Å². The molecule has 2 unspecified atom stereocenters. The second-order valence-corrected chi connectivity index (χ2v) is 11.6. The Bertz CT molecular complexity index is 1190. The predicted octanol–water partition coefficient (Wildman–Crippen LogP) is 5.17. The third kappa shape index (κ3) is 6.30. The summed E-state index contributed by atoms with van der Waals surface area (Å²) in [7, 11) is 0. The van der Waals surface area contributed by atoms with Crippen molar-refractivity contribution in [3.8, 4) is 0 Å². The van der Waals surface area contributed by atoms with Crippen LogP contribution in [0.15, 0.2) is 72.9 Å². The van der Waals surface area contributed by atoms with Crippen molar-refractivity contribution < 1.29 is 4.79 Å². The number of amides is 1. The zero-order chi connectivity index (χ0) is 27.1. The van der Waals surface area contributed by atoms with E-state index in [0.717, 1.165) is 81.4 Å². The first kappa shape index (κ1) is 26.8. The highest BCUT2D eigenvalue weighted by Gasteiger charge is 2.35. The van der Waals surface area contributed by atoms with E-state index in [9.17, 15) is 4.79 Å². The maximum Gasteiger partial charge on any atom is 0.234 e. The zero-order valence-electron chi connectivity index (χ0n) is 23.5. The van der Waals surface area contributed by atoms with Gasteiger partial charge in [0.2, 0.25) is 11.9 Å². The molecule has 4 heterocycles. The standard InChI is InChI=1S/C33H42N6O/c40-32(31(26-12-5-3-6-13-26)27-14-7-4-8-15-27)39-22-11-16-29(25-39)38-23-18-28(24-38)35-33-34-19-17-30(36-33)37-20-9-1-2-10-21-37/h3-8,12-15,17,19,28-29,31H,1-2,9-11,16,18,20-25H2,(H,34,35,36). The van der Waals surface area contributed by atoms with Crippen LogP contribution in [0.2, 0.25) is 0 Å². The van der Waals surface area contributed by atoms with Crippen LogP contribution in [0.1, 0.15) is 62.0 Å². The Labute approximate surface area is 238 Å². The minimum atomic E-state index is -0.261. The molecule has 1 aromatic heterocycles. The highest BCUT2D eigenvalue weighted by Crippen LogP contribution is 2.30. The molecule has 0 saturated carbocycles. The largest absolute Gasteiger partial charge is 0.356 e. The van der Waals surface area contributed by atoms with E-state index < -0.39 is 0 Å². The van der Waals surface area contributed by atoms with Gasteiger partial charge in [-0.2, -0.15) is 4.98 Å². The zero-order valence-corrected chi connectivity index (χ0v) is 23.5. The van der Waals surface area contributed by atoms with Gasteiger partial charge in [0, 0.05) is 57.5 Å². The average Bonchev–Trinajstić information content (AvgIpc) is 3.30. The molecule has 3 aromatic rings. The fourth-order valence-electron chi connectivity index (χ4n) is 6.72. The summed E-state index contributed by atoms with van der Waals surface area (Å²) < 4.78 is 0. The van der Waals surface area contributed by atoms with E-state index in [4.69, 9.17) is 4.98 Å². The van der Waals surface area contributed by atoms with Crippen molar-refractivity contribution in [2.45, 2.75) is 62.9 Å². The van der Waals surface area contributed by atoms with Crippen molar-refractivity contribution in [2.24, 2.45) is 0 Å².